The molecule has 0 aliphatic carbocycles. The van der Waals surface area contributed by atoms with Gasteiger partial charge in [-0.2, -0.15) is 0 Å². The molecule has 0 radical (unpaired) electrons. The monoisotopic (exact) mass is 386 g/mol. The molecular formula is C16H18Cl2N3O2S+. The van der Waals surface area contributed by atoms with Crippen molar-refractivity contribution in [3.8, 4) is 0 Å². The largest absolute Gasteiger partial charge is 0.370 e. The summed E-state index contributed by atoms with van der Waals surface area (Å²) in [6.07, 6.45) is 0.194. The van der Waals surface area contributed by atoms with Crippen LogP contribution in [0.3, 0.4) is 0 Å². The van der Waals surface area contributed by atoms with Crippen LogP contribution >= 0.6 is 34.5 Å². The zero-order valence-electron chi connectivity index (χ0n) is 13.0. The van der Waals surface area contributed by atoms with Gasteiger partial charge in [-0.25, -0.2) is 4.98 Å². The summed E-state index contributed by atoms with van der Waals surface area (Å²) < 4.78 is 5.35. The number of anilines is 1. The van der Waals surface area contributed by atoms with E-state index in [2.05, 4.69) is 10.3 Å². The van der Waals surface area contributed by atoms with E-state index in [0.29, 0.717) is 15.2 Å². The van der Waals surface area contributed by atoms with E-state index in [9.17, 15) is 4.79 Å². The predicted octanol–water partition coefficient (Wildman–Crippen LogP) is 2.05. The first-order chi connectivity index (χ1) is 11.6. The fraction of sp³-hybridized carbons (Fsp3) is 0.375. The Balaban J connectivity index is 1.54. The van der Waals surface area contributed by atoms with Gasteiger partial charge in [0.05, 0.1) is 19.6 Å². The average Bonchev–Trinajstić information content (AvgIpc) is 2.98. The van der Waals surface area contributed by atoms with Gasteiger partial charge in [0.15, 0.2) is 5.13 Å². The number of carbonyl (C=O) groups excluding carboxylic acids is 1. The average molecular weight is 387 g/mol. The maximum atomic E-state index is 12.2. The van der Waals surface area contributed by atoms with Gasteiger partial charge in [-0.3, -0.25) is 4.79 Å². The van der Waals surface area contributed by atoms with E-state index in [4.69, 9.17) is 27.9 Å². The lowest BCUT2D eigenvalue weighted by Gasteiger charge is -2.22. The number of aromatic nitrogens is 1. The Morgan fingerprint density at radius 1 is 1.33 bits per heavy atom. The van der Waals surface area contributed by atoms with Gasteiger partial charge < -0.3 is 15.0 Å². The summed E-state index contributed by atoms with van der Waals surface area (Å²) in [5.74, 6) is -0.140. The molecular weight excluding hydrogens is 369 g/mol. The van der Waals surface area contributed by atoms with Gasteiger partial charge in [-0.15, -0.1) is 11.3 Å². The van der Waals surface area contributed by atoms with Crippen molar-refractivity contribution in [2.45, 2.75) is 13.0 Å². The Kier molecular flexibility index (Phi) is 6.08. The summed E-state index contributed by atoms with van der Waals surface area (Å²) in [5.41, 5.74) is 1.74. The maximum Gasteiger partial charge on any atom is 0.230 e. The van der Waals surface area contributed by atoms with Crippen molar-refractivity contribution in [2.75, 3.05) is 31.6 Å². The van der Waals surface area contributed by atoms with Crippen molar-refractivity contribution in [2.24, 2.45) is 0 Å². The first-order valence-electron chi connectivity index (χ1n) is 7.69. The minimum absolute atomic E-state index is 0.140. The topological polar surface area (TPSA) is 55.7 Å². The summed E-state index contributed by atoms with van der Waals surface area (Å²) in [5, 5.41) is 6.49. The van der Waals surface area contributed by atoms with Crippen LogP contribution in [0.5, 0.6) is 0 Å². The minimum atomic E-state index is -0.140. The maximum absolute atomic E-state index is 12.2. The van der Waals surface area contributed by atoms with E-state index in [1.807, 2.05) is 5.38 Å². The minimum Gasteiger partial charge on any atom is -0.370 e. The molecule has 128 valence electrons. The molecule has 1 amide bonds. The molecule has 2 aromatic rings. The summed E-state index contributed by atoms with van der Waals surface area (Å²) in [4.78, 5) is 18.1. The fourth-order valence-corrected chi connectivity index (χ4v) is 3.74. The molecule has 1 aliphatic heterocycles. The number of benzene rings is 1. The second-order valence-corrected chi connectivity index (χ2v) is 7.35. The van der Waals surface area contributed by atoms with Crippen molar-refractivity contribution >= 4 is 45.6 Å². The van der Waals surface area contributed by atoms with E-state index in [-0.39, 0.29) is 12.3 Å². The van der Waals surface area contributed by atoms with Crippen molar-refractivity contribution in [3.63, 3.8) is 0 Å². The van der Waals surface area contributed by atoms with E-state index in [0.717, 1.165) is 44.1 Å². The quantitative estimate of drug-likeness (QED) is 0.826. The van der Waals surface area contributed by atoms with Gasteiger partial charge >= 0.3 is 0 Å². The zero-order chi connectivity index (χ0) is 16.9. The molecule has 5 nitrogen and oxygen atoms in total. The Morgan fingerprint density at radius 3 is 2.88 bits per heavy atom. The Hall–Kier alpha value is -1.18. The molecule has 0 spiro atoms. The number of nitrogens with one attached hydrogen (secondary N) is 2. The standard InChI is InChI=1S/C16H17Cl2N3O2S/c17-12-2-1-11(14(18)8-12)7-15(22)20-16-19-13(10-24-16)9-21-3-5-23-6-4-21/h1-2,8,10H,3-7,9H2,(H,19,20,22)/p+1. The van der Waals surface area contributed by atoms with E-state index in [1.165, 1.54) is 16.2 Å². The molecule has 1 aromatic carbocycles. The number of morpholine rings is 1. The molecule has 0 unspecified atom stereocenters. The van der Waals surface area contributed by atoms with Crippen LogP contribution in [-0.2, 0) is 22.5 Å². The molecule has 3 rings (SSSR count). The molecule has 2 N–H and O–H groups in total. The number of hydrogen-bond donors (Lipinski definition) is 2. The highest BCUT2D eigenvalue weighted by molar-refractivity contribution is 7.13. The normalized spacial score (nSPS) is 15.4. The Labute approximate surface area is 154 Å². The third-order valence-electron chi connectivity index (χ3n) is 3.80. The number of quaternary nitrogens is 1. The Morgan fingerprint density at radius 2 is 2.12 bits per heavy atom. The first kappa shape index (κ1) is 17.6. The molecule has 1 aliphatic rings. The number of hydrogen-bond acceptors (Lipinski definition) is 4. The van der Waals surface area contributed by atoms with Crippen molar-refractivity contribution in [3.05, 3.63) is 44.9 Å². The van der Waals surface area contributed by atoms with Gasteiger partial charge in [-0.05, 0) is 17.7 Å². The predicted molar refractivity (Wildman–Crippen MR) is 96.1 cm³/mol. The number of rotatable bonds is 5. The third kappa shape index (κ3) is 4.91. The van der Waals surface area contributed by atoms with Gasteiger partial charge in [0.25, 0.3) is 0 Å². The van der Waals surface area contributed by atoms with Crippen LogP contribution in [0.4, 0.5) is 5.13 Å². The Bertz CT molecular complexity index is 717. The smallest absolute Gasteiger partial charge is 0.230 e. The fourth-order valence-electron chi connectivity index (χ4n) is 2.54. The van der Waals surface area contributed by atoms with Crippen molar-refractivity contribution in [1.29, 1.82) is 0 Å². The van der Waals surface area contributed by atoms with E-state index >= 15 is 0 Å². The van der Waals surface area contributed by atoms with E-state index < -0.39 is 0 Å². The van der Waals surface area contributed by atoms with Crippen molar-refractivity contribution in [1.82, 2.24) is 4.98 Å². The van der Waals surface area contributed by atoms with Gasteiger partial charge in [0.2, 0.25) is 5.91 Å². The molecule has 2 heterocycles. The number of amides is 1. The number of ether oxygens (including phenoxy) is 1. The third-order valence-corrected chi connectivity index (χ3v) is 5.19. The molecule has 0 atom stereocenters. The van der Waals surface area contributed by atoms with Crippen LogP contribution in [-0.4, -0.2) is 37.2 Å². The highest BCUT2D eigenvalue weighted by Crippen LogP contribution is 2.22. The lowest BCUT2D eigenvalue weighted by molar-refractivity contribution is -0.921. The summed E-state index contributed by atoms with van der Waals surface area (Å²) >= 11 is 13.4. The second-order valence-electron chi connectivity index (χ2n) is 5.64. The number of carbonyl (C=O) groups is 1. The highest BCUT2D eigenvalue weighted by atomic mass is 35.5. The van der Waals surface area contributed by atoms with Crippen LogP contribution < -0.4 is 10.2 Å². The van der Waals surface area contributed by atoms with Crippen LogP contribution in [0.15, 0.2) is 23.6 Å². The lowest BCUT2D eigenvalue weighted by atomic mass is 10.1. The van der Waals surface area contributed by atoms with Gasteiger partial charge in [0.1, 0.15) is 25.3 Å². The first-order valence-corrected chi connectivity index (χ1v) is 9.33. The lowest BCUT2D eigenvalue weighted by Crippen LogP contribution is -3.12. The molecule has 24 heavy (non-hydrogen) atoms. The molecule has 1 saturated heterocycles. The molecule has 1 fully saturated rings. The summed E-state index contributed by atoms with van der Waals surface area (Å²) in [6.45, 7) is 4.44. The summed E-state index contributed by atoms with van der Waals surface area (Å²) in [6, 6.07) is 5.13. The number of thiazole rings is 1. The van der Waals surface area contributed by atoms with Gasteiger partial charge in [0, 0.05) is 15.4 Å². The highest BCUT2D eigenvalue weighted by Gasteiger charge is 2.16. The molecule has 0 bridgehead atoms. The van der Waals surface area contributed by atoms with Crippen LogP contribution in [0.25, 0.3) is 0 Å². The van der Waals surface area contributed by atoms with Crippen molar-refractivity contribution < 1.29 is 14.4 Å². The molecule has 0 saturated carbocycles. The van der Waals surface area contributed by atoms with Crippen LogP contribution in [0, 0.1) is 0 Å². The SMILES string of the molecule is O=C(Cc1ccc(Cl)cc1Cl)Nc1nc(C[NH+]2CCOCC2)cs1. The zero-order valence-corrected chi connectivity index (χ0v) is 15.3. The van der Waals surface area contributed by atoms with Crippen LogP contribution in [0.2, 0.25) is 10.0 Å². The van der Waals surface area contributed by atoms with E-state index in [1.54, 1.807) is 18.2 Å². The summed E-state index contributed by atoms with van der Waals surface area (Å²) in [7, 11) is 0. The molecule has 8 heteroatoms. The molecule has 1 aromatic heterocycles. The number of halogens is 2. The second kappa shape index (κ2) is 8.27. The van der Waals surface area contributed by atoms with Gasteiger partial charge in [-0.1, -0.05) is 29.3 Å². The van der Waals surface area contributed by atoms with Crippen LogP contribution in [0.1, 0.15) is 11.3 Å². The number of nitrogens with zero attached hydrogens (tertiary/aromatic N) is 1.